The first kappa shape index (κ1) is 40.0. The molecule has 0 spiro atoms. The molecule has 6 rings (SSSR count). The topological polar surface area (TPSA) is 154 Å². The van der Waals surface area contributed by atoms with Crippen LogP contribution in [0.15, 0.2) is 112 Å². The van der Waals surface area contributed by atoms with E-state index in [1.165, 1.54) is 11.3 Å². The minimum Gasteiger partial charge on any atom is -0.497 e. The molecule has 0 fully saturated rings. The van der Waals surface area contributed by atoms with Gasteiger partial charge in [0.2, 0.25) is 5.91 Å². The summed E-state index contributed by atoms with van der Waals surface area (Å²) in [6.07, 6.45) is 0.0935. The van der Waals surface area contributed by atoms with Gasteiger partial charge in [-0.05, 0) is 58.7 Å². The van der Waals surface area contributed by atoms with Crippen molar-refractivity contribution in [3.63, 3.8) is 0 Å². The SMILES string of the molecule is COc1cccc(CC(=O)Nc2scc(-c3ccc(Cl)c(Cl)c3)c2C(=O)O)c1.O=C(NCc1ccccc1)Nc1scc(-c2ccc(Br)cc2)c1C(=O)O. The molecule has 15 heteroatoms. The Bertz CT molecular complexity index is 2300. The third-order valence-electron chi connectivity index (χ3n) is 7.67. The molecule has 4 aromatic carbocycles. The molecule has 5 N–H and O–H groups in total. The Kier molecular flexibility index (Phi) is 13.9. The van der Waals surface area contributed by atoms with Gasteiger partial charge in [0.15, 0.2) is 0 Å². The Labute approximate surface area is 336 Å². The van der Waals surface area contributed by atoms with Gasteiger partial charge in [-0.3, -0.25) is 10.1 Å². The quantitative estimate of drug-likeness (QED) is 0.0868. The van der Waals surface area contributed by atoms with Crippen LogP contribution in [0, 0.1) is 0 Å². The highest BCUT2D eigenvalue weighted by atomic mass is 79.9. The highest BCUT2D eigenvalue weighted by molar-refractivity contribution is 9.10. The molecule has 54 heavy (non-hydrogen) atoms. The van der Waals surface area contributed by atoms with Gasteiger partial charge in [-0.1, -0.05) is 99.8 Å². The molecule has 0 saturated heterocycles. The lowest BCUT2D eigenvalue weighted by molar-refractivity contribution is -0.115. The number of benzene rings is 4. The summed E-state index contributed by atoms with van der Waals surface area (Å²) in [5.74, 6) is -1.89. The summed E-state index contributed by atoms with van der Waals surface area (Å²) in [5, 5.41) is 32.0. The fraction of sp³-hybridized carbons (Fsp3) is 0.0769. The minimum atomic E-state index is -1.14. The van der Waals surface area contributed by atoms with Gasteiger partial charge in [0.25, 0.3) is 0 Å². The molecule has 0 aliphatic carbocycles. The van der Waals surface area contributed by atoms with Crippen LogP contribution in [0.25, 0.3) is 22.3 Å². The van der Waals surface area contributed by atoms with Crippen LogP contribution < -0.4 is 20.7 Å². The molecule has 6 aromatic rings. The highest BCUT2D eigenvalue weighted by Crippen LogP contribution is 2.38. The Morgan fingerprint density at radius 1 is 0.704 bits per heavy atom. The number of urea groups is 1. The maximum atomic E-state index is 12.4. The third kappa shape index (κ3) is 10.5. The van der Waals surface area contributed by atoms with E-state index in [2.05, 4.69) is 31.9 Å². The number of carboxylic acid groups (broad SMARTS) is 2. The number of thiophene rings is 2. The van der Waals surface area contributed by atoms with Crippen molar-refractivity contribution in [2.24, 2.45) is 0 Å². The van der Waals surface area contributed by atoms with Gasteiger partial charge in [-0.25, -0.2) is 14.4 Å². The monoisotopic (exact) mass is 865 g/mol. The zero-order valence-electron chi connectivity index (χ0n) is 28.2. The number of rotatable bonds is 11. The van der Waals surface area contributed by atoms with Crippen molar-refractivity contribution in [3.8, 4) is 28.0 Å². The molecule has 0 aliphatic rings. The fourth-order valence-corrected chi connectivity index (χ4v) is 7.60. The number of anilines is 2. The van der Waals surface area contributed by atoms with Crippen LogP contribution in [0.2, 0.25) is 10.0 Å². The minimum absolute atomic E-state index is 0.0161. The van der Waals surface area contributed by atoms with Crippen molar-refractivity contribution in [3.05, 3.63) is 145 Å². The molecule has 2 aromatic heterocycles. The summed E-state index contributed by atoms with van der Waals surface area (Å²) in [5.41, 5.74) is 4.25. The van der Waals surface area contributed by atoms with Gasteiger partial charge in [0.05, 0.1) is 23.6 Å². The van der Waals surface area contributed by atoms with Crippen LogP contribution in [0.1, 0.15) is 31.8 Å². The van der Waals surface area contributed by atoms with Gasteiger partial charge >= 0.3 is 18.0 Å². The highest BCUT2D eigenvalue weighted by Gasteiger charge is 2.23. The molecule has 3 amide bonds. The number of methoxy groups -OCH3 is 1. The molecular formula is C39H30BrCl2N3O7S2. The van der Waals surface area contributed by atoms with Gasteiger partial charge in [0.1, 0.15) is 26.9 Å². The number of aromatic carboxylic acids is 2. The van der Waals surface area contributed by atoms with E-state index in [1.807, 2.05) is 54.6 Å². The van der Waals surface area contributed by atoms with Crippen molar-refractivity contribution in [2.75, 3.05) is 17.7 Å². The van der Waals surface area contributed by atoms with E-state index in [9.17, 15) is 29.4 Å². The van der Waals surface area contributed by atoms with Crippen molar-refractivity contribution in [2.45, 2.75) is 13.0 Å². The van der Waals surface area contributed by atoms with Crippen molar-refractivity contribution in [1.82, 2.24) is 5.32 Å². The number of carboxylic acids is 2. The summed E-state index contributed by atoms with van der Waals surface area (Å²) in [7, 11) is 1.55. The Morgan fingerprint density at radius 2 is 1.30 bits per heavy atom. The molecule has 2 heterocycles. The zero-order valence-corrected chi connectivity index (χ0v) is 32.9. The average Bonchev–Trinajstić information content (AvgIpc) is 3.77. The summed E-state index contributed by atoms with van der Waals surface area (Å²) in [6, 6.07) is 28.4. The maximum absolute atomic E-state index is 12.4. The van der Waals surface area contributed by atoms with E-state index in [-0.39, 0.29) is 28.5 Å². The molecular weight excluding hydrogens is 837 g/mol. The number of halogens is 3. The molecule has 0 radical (unpaired) electrons. The number of carbonyl (C=O) groups excluding carboxylic acids is 2. The zero-order chi connectivity index (χ0) is 38.8. The van der Waals surface area contributed by atoms with Crippen LogP contribution in [0.3, 0.4) is 0 Å². The smallest absolute Gasteiger partial charge is 0.339 e. The number of amides is 3. The third-order valence-corrected chi connectivity index (χ3v) is 10.7. The molecule has 0 aliphatic heterocycles. The first-order chi connectivity index (χ1) is 25.9. The second kappa shape index (κ2) is 18.7. The molecule has 276 valence electrons. The van der Waals surface area contributed by atoms with Gasteiger partial charge in [0, 0.05) is 32.9 Å². The predicted molar refractivity (Wildman–Crippen MR) is 219 cm³/mol. The normalized spacial score (nSPS) is 10.4. The lowest BCUT2D eigenvalue weighted by Crippen LogP contribution is -2.28. The Balaban J connectivity index is 0.000000208. The van der Waals surface area contributed by atoms with Gasteiger partial charge < -0.3 is 25.6 Å². The van der Waals surface area contributed by atoms with Crippen molar-refractivity contribution >= 4 is 95.7 Å². The first-order valence-electron chi connectivity index (χ1n) is 15.9. The van der Waals surface area contributed by atoms with E-state index in [4.69, 9.17) is 27.9 Å². The van der Waals surface area contributed by atoms with E-state index >= 15 is 0 Å². The van der Waals surface area contributed by atoms with Gasteiger partial charge in [-0.2, -0.15) is 0 Å². The second-order valence-corrected chi connectivity index (χ2v) is 14.8. The predicted octanol–water partition coefficient (Wildman–Crippen LogP) is 10.8. The van der Waals surface area contributed by atoms with E-state index < -0.39 is 18.0 Å². The summed E-state index contributed by atoms with van der Waals surface area (Å²) in [6.45, 7) is 0.361. The van der Waals surface area contributed by atoms with Crippen LogP contribution in [0.4, 0.5) is 14.8 Å². The standard InChI is InChI=1S/C20H15Cl2NO4S.C19H15BrN2O3S/c1-27-13-4-2-3-11(7-13)8-17(24)23-19-18(20(25)26)14(10-28-19)12-5-6-15(21)16(22)9-12;20-14-8-6-13(7-9-14)15-11-26-17(16(15)18(23)24)22-19(25)21-10-12-4-2-1-3-5-12/h2-7,9-10H,8H2,1H3,(H,23,24)(H,25,26);1-9,11H,10H2,(H,23,24)(H2,21,22,25). The fourth-order valence-electron chi connectivity index (χ4n) is 5.11. The maximum Gasteiger partial charge on any atom is 0.339 e. The molecule has 0 bridgehead atoms. The molecule has 0 saturated carbocycles. The van der Waals surface area contributed by atoms with Crippen LogP contribution in [0.5, 0.6) is 5.75 Å². The van der Waals surface area contributed by atoms with Crippen LogP contribution in [-0.4, -0.2) is 41.2 Å². The summed E-state index contributed by atoms with van der Waals surface area (Å²) in [4.78, 5) is 48.1. The van der Waals surface area contributed by atoms with Crippen molar-refractivity contribution in [1.29, 1.82) is 0 Å². The van der Waals surface area contributed by atoms with Crippen molar-refractivity contribution < 1.29 is 34.1 Å². The summed E-state index contributed by atoms with van der Waals surface area (Å²) >= 11 is 17.7. The number of hydrogen-bond donors (Lipinski definition) is 5. The molecule has 10 nitrogen and oxygen atoms in total. The molecule has 0 atom stereocenters. The first-order valence-corrected chi connectivity index (χ1v) is 19.2. The lowest BCUT2D eigenvalue weighted by Gasteiger charge is -2.08. The number of carbonyl (C=O) groups is 4. The second-order valence-electron chi connectivity index (χ2n) is 11.3. The Morgan fingerprint density at radius 3 is 1.91 bits per heavy atom. The van der Waals surface area contributed by atoms with Gasteiger partial charge in [-0.15, -0.1) is 22.7 Å². The van der Waals surface area contributed by atoms with E-state index in [1.54, 1.807) is 60.3 Å². The van der Waals surface area contributed by atoms with Crippen LogP contribution in [-0.2, 0) is 17.8 Å². The number of hydrogen-bond acceptors (Lipinski definition) is 7. The van der Waals surface area contributed by atoms with Crippen LogP contribution >= 0.6 is 61.8 Å². The molecule has 0 unspecified atom stereocenters. The summed E-state index contributed by atoms with van der Waals surface area (Å²) < 4.78 is 6.06. The number of nitrogens with one attached hydrogen (secondary N) is 3. The van der Waals surface area contributed by atoms with E-state index in [0.717, 1.165) is 32.5 Å². The largest absolute Gasteiger partial charge is 0.497 e. The average molecular weight is 868 g/mol. The van der Waals surface area contributed by atoms with E-state index in [0.29, 0.717) is 44.0 Å². The Hall–Kier alpha value is -5.18. The lowest BCUT2D eigenvalue weighted by atomic mass is 10.0. The number of ether oxygens (including phenoxy) is 1.